The highest BCUT2D eigenvalue weighted by molar-refractivity contribution is 6.04. The van der Waals surface area contributed by atoms with Crippen LogP contribution in [0.2, 0.25) is 0 Å². The summed E-state index contributed by atoms with van der Waals surface area (Å²) in [6, 6.07) is 12.0. The van der Waals surface area contributed by atoms with Crippen molar-refractivity contribution in [2.45, 2.75) is 52.2 Å². The molecule has 1 aromatic carbocycles. The average molecular weight is 474 g/mol. The zero-order chi connectivity index (χ0) is 24.6. The van der Waals surface area contributed by atoms with Crippen molar-refractivity contribution >= 4 is 11.9 Å². The summed E-state index contributed by atoms with van der Waals surface area (Å²) in [5.41, 5.74) is 4.48. The van der Waals surface area contributed by atoms with E-state index in [1.165, 1.54) is 17.7 Å². The molecule has 3 aromatic rings. The van der Waals surface area contributed by atoms with E-state index in [2.05, 4.69) is 22.1 Å². The van der Waals surface area contributed by atoms with E-state index >= 15 is 0 Å². The van der Waals surface area contributed by atoms with Crippen molar-refractivity contribution < 1.29 is 19.1 Å². The van der Waals surface area contributed by atoms with Gasteiger partial charge in [0.15, 0.2) is 5.78 Å². The maximum absolute atomic E-state index is 13.4. The number of H-pyrrole nitrogens is 1. The normalized spacial score (nSPS) is 15.6. The topological polar surface area (TPSA) is 84.5 Å². The van der Waals surface area contributed by atoms with Crippen molar-refractivity contribution in [3.8, 4) is 17.0 Å². The molecule has 1 amide bonds. The fourth-order valence-corrected chi connectivity index (χ4v) is 4.41. The third-order valence-electron chi connectivity index (χ3n) is 6.24. The van der Waals surface area contributed by atoms with E-state index in [1.54, 1.807) is 12.4 Å². The van der Waals surface area contributed by atoms with Gasteiger partial charge in [-0.3, -0.25) is 14.7 Å². The van der Waals surface area contributed by atoms with Gasteiger partial charge in [-0.25, -0.2) is 4.79 Å². The quantitative estimate of drug-likeness (QED) is 0.519. The van der Waals surface area contributed by atoms with Gasteiger partial charge in [-0.1, -0.05) is 30.3 Å². The van der Waals surface area contributed by atoms with Crippen molar-refractivity contribution in [3.63, 3.8) is 0 Å². The van der Waals surface area contributed by atoms with E-state index < -0.39 is 11.7 Å². The zero-order valence-corrected chi connectivity index (χ0v) is 20.5. The number of carbonyl (C=O) groups is 2. The number of pyridine rings is 1. The first-order chi connectivity index (χ1) is 16.8. The number of nitrogens with zero attached hydrogens (tertiary/aromatic N) is 2. The Labute approximate surface area is 205 Å². The van der Waals surface area contributed by atoms with Crippen LogP contribution in [0.4, 0.5) is 4.79 Å². The predicted molar refractivity (Wildman–Crippen MR) is 132 cm³/mol. The number of ketones is 1. The highest BCUT2D eigenvalue weighted by atomic mass is 16.6. The molecule has 0 atom stereocenters. The van der Waals surface area contributed by atoms with Gasteiger partial charge < -0.3 is 14.5 Å². The highest BCUT2D eigenvalue weighted by Gasteiger charge is 2.35. The number of Topliss-reactive ketones (excluding diaryl/α,β-unsaturated/α-hetero) is 1. The van der Waals surface area contributed by atoms with Crippen molar-refractivity contribution in [3.05, 3.63) is 71.2 Å². The van der Waals surface area contributed by atoms with Gasteiger partial charge in [-0.05, 0) is 56.7 Å². The first-order valence-electron chi connectivity index (χ1n) is 12.1. The largest absolute Gasteiger partial charge is 0.491 e. The number of benzene rings is 1. The molecule has 1 aliphatic heterocycles. The fourth-order valence-electron chi connectivity index (χ4n) is 4.41. The van der Waals surface area contributed by atoms with Gasteiger partial charge in [0, 0.05) is 29.4 Å². The minimum atomic E-state index is -0.634. The van der Waals surface area contributed by atoms with Crippen LogP contribution in [-0.4, -0.2) is 45.5 Å². The Morgan fingerprint density at radius 2 is 1.91 bits per heavy atom. The number of hydrogen-bond acceptors (Lipinski definition) is 5. The average Bonchev–Trinajstić information content (AvgIpc) is 3.58. The molecule has 2 aliphatic rings. The van der Waals surface area contributed by atoms with Crippen LogP contribution < -0.4 is 4.74 Å². The van der Waals surface area contributed by atoms with Gasteiger partial charge in [-0.15, -0.1) is 0 Å². The third kappa shape index (κ3) is 5.24. The zero-order valence-electron chi connectivity index (χ0n) is 20.5. The molecule has 0 spiro atoms. The molecule has 1 saturated carbocycles. The lowest BCUT2D eigenvalue weighted by Gasteiger charge is -2.29. The minimum Gasteiger partial charge on any atom is -0.491 e. The monoisotopic (exact) mass is 473 g/mol. The van der Waals surface area contributed by atoms with E-state index in [0.717, 1.165) is 28.1 Å². The Kier molecular flexibility index (Phi) is 6.09. The molecule has 0 saturated heterocycles. The lowest BCUT2D eigenvalue weighted by atomic mass is 9.93. The van der Waals surface area contributed by atoms with Crippen LogP contribution in [0.1, 0.15) is 60.8 Å². The number of ether oxygens (including phenoxy) is 2. The number of hydrogen-bond donors (Lipinski definition) is 1. The molecular formula is C28H31N3O4. The van der Waals surface area contributed by atoms with Gasteiger partial charge in [0.05, 0.1) is 31.6 Å². The summed E-state index contributed by atoms with van der Waals surface area (Å²) < 4.78 is 11.7. The van der Waals surface area contributed by atoms with Crippen LogP contribution in [-0.2, 0) is 17.7 Å². The Morgan fingerprint density at radius 1 is 1.14 bits per heavy atom. The first kappa shape index (κ1) is 23.1. The second kappa shape index (κ2) is 9.21. The van der Waals surface area contributed by atoms with Crippen LogP contribution in [0.15, 0.2) is 48.8 Å². The van der Waals surface area contributed by atoms with Crippen molar-refractivity contribution in [1.29, 1.82) is 0 Å². The molecule has 7 heteroatoms. The second-order valence-corrected chi connectivity index (χ2v) is 10.4. The smallest absolute Gasteiger partial charge is 0.411 e. The minimum absolute atomic E-state index is 0.0115. The molecular weight excluding hydrogens is 442 g/mol. The third-order valence-corrected chi connectivity index (χ3v) is 6.24. The van der Waals surface area contributed by atoms with E-state index in [9.17, 15) is 9.59 Å². The van der Waals surface area contributed by atoms with Crippen LogP contribution in [0.25, 0.3) is 11.3 Å². The summed E-state index contributed by atoms with van der Waals surface area (Å²) in [6.45, 7) is 6.39. The Bertz CT molecular complexity index is 1240. The molecule has 1 fully saturated rings. The van der Waals surface area contributed by atoms with Crippen molar-refractivity contribution in [1.82, 2.24) is 14.9 Å². The van der Waals surface area contributed by atoms with E-state index in [1.807, 2.05) is 45.0 Å². The number of nitrogens with one attached hydrogen (secondary N) is 1. The van der Waals surface area contributed by atoms with Crippen molar-refractivity contribution in [2.75, 3.05) is 13.2 Å². The van der Waals surface area contributed by atoms with Gasteiger partial charge >= 0.3 is 6.09 Å². The number of aromatic amines is 1. The maximum Gasteiger partial charge on any atom is 0.411 e. The molecule has 3 heterocycles. The lowest BCUT2D eigenvalue weighted by Crippen LogP contribution is -2.42. The van der Waals surface area contributed by atoms with Crippen LogP contribution in [0.5, 0.6) is 5.75 Å². The second-order valence-electron chi connectivity index (χ2n) is 10.4. The summed E-state index contributed by atoms with van der Waals surface area (Å²) in [5.74, 6) is 1.21. The molecule has 182 valence electrons. The lowest BCUT2D eigenvalue weighted by molar-refractivity contribution is 0.0218. The van der Waals surface area contributed by atoms with Crippen molar-refractivity contribution in [2.24, 2.45) is 5.92 Å². The Balaban J connectivity index is 1.55. The molecule has 1 aliphatic carbocycles. The molecule has 1 N–H and O–H groups in total. The van der Waals surface area contributed by atoms with E-state index in [4.69, 9.17) is 9.47 Å². The van der Waals surface area contributed by atoms with E-state index in [-0.39, 0.29) is 18.9 Å². The fraction of sp³-hybridized carbons (Fsp3) is 0.393. The molecule has 0 unspecified atom stereocenters. The van der Waals surface area contributed by atoms with Gasteiger partial charge in [-0.2, -0.15) is 0 Å². The molecule has 0 radical (unpaired) electrons. The van der Waals surface area contributed by atoms with Crippen LogP contribution in [0, 0.1) is 5.92 Å². The number of amides is 1. The van der Waals surface area contributed by atoms with E-state index in [0.29, 0.717) is 30.3 Å². The molecule has 5 rings (SSSR count). The number of rotatable bonds is 6. The molecule has 0 bridgehead atoms. The van der Waals surface area contributed by atoms with Gasteiger partial charge in [0.25, 0.3) is 0 Å². The first-order valence-corrected chi connectivity index (χ1v) is 12.1. The van der Waals surface area contributed by atoms with Gasteiger partial charge in [0.2, 0.25) is 0 Å². The summed E-state index contributed by atoms with van der Waals surface area (Å²) in [7, 11) is 0. The van der Waals surface area contributed by atoms with Gasteiger partial charge in [0.1, 0.15) is 11.4 Å². The summed E-state index contributed by atoms with van der Waals surface area (Å²) in [5, 5.41) is 0. The SMILES string of the molecule is CC(C)(C)OC(=O)N1CC(=O)c2c([nH]c(-c3ccncc3OCC3CC3)c2Cc2ccccc2)C1. The Morgan fingerprint density at radius 3 is 2.63 bits per heavy atom. The summed E-state index contributed by atoms with van der Waals surface area (Å²) in [4.78, 5) is 35.4. The number of aromatic nitrogens is 2. The Hall–Kier alpha value is -3.61. The van der Waals surface area contributed by atoms with Crippen LogP contribution in [0.3, 0.4) is 0 Å². The molecule has 7 nitrogen and oxygen atoms in total. The number of carbonyl (C=O) groups excluding carboxylic acids is 2. The standard InChI is InChI=1S/C28H31N3O4/c1-28(2,3)35-27(33)31-15-22-25(23(32)16-31)21(13-18-7-5-4-6-8-18)26(30-22)20-11-12-29-14-24(20)34-17-19-9-10-19/h4-8,11-12,14,19,30H,9-10,13,15-17H2,1-3H3. The maximum atomic E-state index is 13.4. The predicted octanol–water partition coefficient (Wildman–Crippen LogP) is 5.39. The van der Waals surface area contributed by atoms with Crippen LogP contribution >= 0.6 is 0 Å². The number of fused-ring (bicyclic) bond motifs is 1. The summed E-state index contributed by atoms with van der Waals surface area (Å²) >= 11 is 0. The summed E-state index contributed by atoms with van der Waals surface area (Å²) in [6.07, 6.45) is 5.96. The molecule has 35 heavy (non-hydrogen) atoms. The molecule has 2 aromatic heterocycles. The highest BCUT2D eigenvalue weighted by Crippen LogP contribution is 2.38.